The van der Waals surface area contributed by atoms with Crippen molar-refractivity contribution in [3.63, 3.8) is 0 Å². The van der Waals surface area contributed by atoms with Crippen molar-refractivity contribution in [3.05, 3.63) is 106 Å². The average Bonchev–Trinajstić information content (AvgIpc) is 2.83. The van der Waals surface area contributed by atoms with E-state index in [0.717, 1.165) is 16.7 Å². The molecule has 0 aliphatic rings. The van der Waals surface area contributed by atoms with E-state index in [4.69, 9.17) is 11.6 Å². The SMILES string of the molecule is CNC(=O)C(Cc1ccccc1)N(Cc1ccc(F)cc1)C(=O)CSCc1ccccc1Cl. The normalized spacial score (nSPS) is 11.6. The summed E-state index contributed by atoms with van der Waals surface area (Å²) in [4.78, 5) is 27.8. The Morgan fingerprint density at radius 1 is 0.970 bits per heavy atom. The number of nitrogens with one attached hydrogen (secondary N) is 1. The van der Waals surface area contributed by atoms with Gasteiger partial charge in [0, 0.05) is 30.8 Å². The van der Waals surface area contributed by atoms with Crippen molar-refractivity contribution in [2.75, 3.05) is 12.8 Å². The molecule has 1 unspecified atom stereocenters. The number of nitrogens with zero attached hydrogens (tertiary/aromatic N) is 1. The highest BCUT2D eigenvalue weighted by atomic mass is 35.5. The molecule has 0 saturated carbocycles. The minimum absolute atomic E-state index is 0.166. The predicted molar refractivity (Wildman–Crippen MR) is 133 cm³/mol. The molecule has 0 bridgehead atoms. The zero-order valence-electron chi connectivity index (χ0n) is 18.3. The van der Waals surface area contributed by atoms with Gasteiger partial charge in [-0.15, -0.1) is 11.8 Å². The van der Waals surface area contributed by atoms with Crippen LogP contribution in [0.2, 0.25) is 5.02 Å². The van der Waals surface area contributed by atoms with E-state index in [0.29, 0.717) is 17.2 Å². The van der Waals surface area contributed by atoms with E-state index in [1.165, 1.54) is 23.9 Å². The van der Waals surface area contributed by atoms with Crippen molar-refractivity contribution in [1.82, 2.24) is 10.2 Å². The van der Waals surface area contributed by atoms with Crippen molar-refractivity contribution in [3.8, 4) is 0 Å². The van der Waals surface area contributed by atoms with Crippen LogP contribution in [0.5, 0.6) is 0 Å². The minimum atomic E-state index is -0.698. The largest absolute Gasteiger partial charge is 0.357 e. The van der Waals surface area contributed by atoms with Gasteiger partial charge in [-0.25, -0.2) is 4.39 Å². The second-order valence-electron chi connectivity index (χ2n) is 7.55. The van der Waals surface area contributed by atoms with Crippen molar-refractivity contribution in [1.29, 1.82) is 0 Å². The number of rotatable bonds is 10. The maximum absolute atomic E-state index is 13.4. The van der Waals surface area contributed by atoms with Crippen LogP contribution in [-0.2, 0) is 28.3 Å². The first-order valence-electron chi connectivity index (χ1n) is 10.6. The van der Waals surface area contributed by atoms with E-state index in [1.54, 1.807) is 24.1 Å². The Kier molecular flexibility index (Phi) is 9.34. The maximum atomic E-state index is 13.4. The number of thioether (sulfide) groups is 1. The summed E-state index contributed by atoms with van der Waals surface area (Å²) in [6.45, 7) is 0.205. The molecule has 33 heavy (non-hydrogen) atoms. The molecule has 7 heteroatoms. The van der Waals surface area contributed by atoms with Crippen LogP contribution in [0.15, 0.2) is 78.9 Å². The standard InChI is InChI=1S/C26H26ClFN2O2S/c1-29-26(32)24(15-19-7-3-2-4-8-19)30(16-20-11-13-22(28)14-12-20)25(31)18-33-17-21-9-5-6-10-23(21)27/h2-14,24H,15-18H2,1H3,(H,29,32). The smallest absolute Gasteiger partial charge is 0.242 e. The van der Waals surface area contributed by atoms with E-state index in [-0.39, 0.29) is 29.9 Å². The third-order valence-corrected chi connectivity index (χ3v) is 6.56. The van der Waals surface area contributed by atoms with Gasteiger partial charge in [-0.1, -0.05) is 72.3 Å². The molecular formula is C26H26ClFN2O2S. The lowest BCUT2D eigenvalue weighted by atomic mass is 10.0. The molecule has 4 nitrogen and oxygen atoms in total. The van der Waals surface area contributed by atoms with Gasteiger partial charge in [-0.3, -0.25) is 9.59 Å². The molecule has 2 amide bonds. The van der Waals surface area contributed by atoms with E-state index >= 15 is 0 Å². The van der Waals surface area contributed by atoms with E-state index in [2.05, 4.69) is 5.32 Å². The lowest BCUT2D eigenvalue weighted by Gasteiger charge is -2.31. The summed E-state index contributed by atoms with van der Waals surface area (Å²) in [6.07, 6.45) is 0.378. The number of hydrogen-bond acceptors (Lipinski definition) is 3. The van der Waals surface area contributed by atoms with Crippen LogP contribution >= 0.6 is 23.4 Å². The van der Waals surface area contributed by atoms with Gasteiger partial charge in [0.2, 0.25) is 11.8 Å². The van der Waals surface area contributed by atoms with Crippen LogP contribution in [0.25, 0.3) is 0 Å². The number of carbonyl (C=O) groups is 2. The Labute approximate surface area is 203 Å². The van der Waals surface area contributed by atoms with Crippen molar-refractivity contribution in [2.45, 2.75) is 24.8 Å². The van der Waals surface area contributed by atoms with Gasteiger partial charge in [0.05, 0.1) is 5.75 Å². The summed E-state index contributed by atoms with van der Waals surface area (Å²) in [5, 5.41) is 3.35. The average molecular weight is 485 g/mol. The van der Waals surface area contributed by atoms with Crippen molar-refractivity contribution >= 4 is 35.2 Å². The molecule has 0 aliphatic carbocycles. The molecule has 0 spiro atoms. The first-order valence-corrected chi connectivity index (χ1v) is 12.1. The Morgan fingerprint density at radius 3 is 2.30 bits per heavy atom. The lowest BCUT2D eigenvalue weighted by molar-refractivity contribution is -0.139. The monoisotopic (exact) mass is 484 g/mol. The highest BCUT2D eigenvalue weighted by molar-refractivity contribution is 7.99. The maximum Gasteiger partial charge on any atom is 0.242 e. The van der Waals surface area contributed by atoms with Gasteiger partial charge in [0.15, 0.2) is 0 Å². The highest BCUT2D eigenvalue weighted by Crippen LogP contribution is 2.22. The zero-order chi connectivity index (χ0) is 23.6. The quantitative estimate of drug-likeness (QED) is 0.435. The van der Waals surface area contributed by atoms with Crippen LogP contribution in [0.4, 0.5) is 4.39 Å². The lowest BCUT2D eigenvalue weighted by Crippen LogP contribution is -2.50. The molecule has 0 radical (unpaired) electrons. The molecule has 0 saturated heterocycles. The summed E-state index contributed by atoms with van der Waals surface area (Å²) in [5.41, 5.74) is 2.66. The molecule has 3 aromatic carbocycles. The molecule has 0 heterocycles. The molecule has 1 N–H and O–H groups in total. The molecule has 0 aromatic heterocycles. The number of hydrogen-bond donors (Lipinski definition) is 1. The Morgan fingerprint density at radius 2 is 1.64 bits per heavy atom. The molecule has 3 rings (SSSR count). The Balaban J connectivity index is 1.80. The topological polar surface area (TPSA) is 49.4 Å². The summed E-state index contributed by atoms with van der Waals surface area (Å²) in [5.74, 6) is 0.0128. The first-order chi connectivity index (χ1) is 16.0. The Hall–Kier alpha value is -2.83. The summed E-state index contributed by atoms with van der Waals surface area (Å²) >= 11 is 7.68. The van der Waals surface area contributed by atoms with Crippen LogP contribution in [0.1, 0.15) is 16.7 Å². The Bertz CT molecular complexity index is 1060. The van der Waals surface area contributed by atoms with Gasteiger partial charge in [0.25, 0.3) is 0 Å². The van der Waals surface area contributed by atoms with Gasteiger partial charge in [0.1, 0.15) is 11.9 Å². The zero-order valence-corrected chi connectivity index (χ0v) is 19.9. The number of amides is 2. The molecular weight excluding hydrogens is 459 g/mol. The van der Waals surface area contributed by atoms with Crippen molar-refractivity contribution in [2.24, 2.45) is 0 Å². The second-order valence-corrected chi connectivity index (χ2v) is 8.94. The van der Waals surface area contributed by atoms with Crippen LogP contribution in [0.3, 0.4) is 0 Å². The van der Waals surface area contributed by atoms with Crippen molar-refractivity contribution < 1.29 is 14.0 Å². The molecule has 1 atom stereocenters. The second kappa shape index (κ2) is 12.4. The number of benzene rings is 3. The number of likely N-dealkylation sites (N-methyl/N-ethyl adjacent to an activating group) is 1. The van der Waals surface area contributed by atoms with Gasteiger partial charge >= 0.3 is 0 Å². The molecule has 0 aliphatic heterocycles. The fourth-order valence-electron chi connectivity index (χ4n) is 3.45. The van der Waals surface area contributed by atoms with Crippen LogP contribution in [0, 0.1) is 5.82 Å². The molecule has 172 valence electrons. The van der Waals surface area contributed by atoms with E-state index in [1.807, 2.05) is 54.6 Å². The summed E-state index contributed by atoms with van der Waals surface area (Å²) in [7, 11) is 1.56. The molecule has 3 aromatic rings. The third-order valence-electron chi connectivity index (χ3n) is 5.22. The van der Waals surface area contributed by atoms with Crippen LogP contribution in [-0.4, -0.2) is 35.6 Å². The van der Waals surface area contributed by atoms with Gasteiger partial charge in [-0.05, 0) is 34.9 Å². The predicted octanol–water partition coefficient (Wildman–Crippen LogP) is 5.10. The fraction of sp³-hybridized carbons (Fsp3) is 0.231. The number of carbonyl (C=O) groups excluding carboxylic acids is 2. The summed E-state index contributed by atoms with van der Waals surface area (Å²) in [6, 6.07) is 22.4. The highest BCUT2D eigenvalue weighted by Gasteiger charge is 2.29. The summed E-state index contributed by atoms with van der Waals surface area (Å²) < 4.78 is 13.4. The van der Waals surface area contributed by atoms with E-state index in [9.17, 15) is 14.0 Å². The fourth-order valence-corrected chi connectivity index (χ4v) is 4.65. The van der Waals surface area contributed by atoms with Gasteiger partial charge in [-0.2, -0.15) is 0 Å². The van der Waals surface area contributed by atoms with Gasteiger partial charge < -0.3 is 10.2 Å². The number of halogens is 2. The molecule has 0 fully saturated rings. The van der Waals surface area contributed by atoms with Crippen LogP contribution < -0.4 is 5.32 Å². The minimum Gasteiger partial charge on any atom is -0.357 e. The third kappa shape index (κ3) is 7.34. The first kappa shape index (κ1) is 24.8. The van der Waals surface area contributed by atoms with E-state index < -0.39 is 6.04 Å².